The summed E-state index contributed by atoms with van der Waals surface area (Å²) >= 11 is 0. The summed E-state index contributed by atoms with van der Waals surface area (Å²) in [6, 6.07) is 10.6. The van der Waals surface area contributed by atoms with Gasteiger partial charge in [-0.15, -0.1) is 0 Å². The van der Waals surface area contributed by atoms with Crippen molar-refractivity contribution in [3.63, 3.8) is 0 Å². The fourth-order valence-corrected chi connectivity index (χ4v) is 4.15. The zero-order valence-corrected chi connectivity index (χ0v) is 13.4. The smallest absolute Gasteiger partial charge is 0.167 e. The van der Waals surface area contributed by atoms with E-state index in [0.717, 1.165) is 18.4 Å². The average molecular weight is 283 g/mol. The third kappa shape index (κ3) is 1.96. The van der Waals surface area contributed by atoms with Gasteiger partial charge in [-0.1, -0.05) is 51.1 Å². The highest BCUT2D eigenvalue weighted by atomic mass is 16.1. The van der Waals surface area contributed by atoms with Crippen molar-refractivity contribution in [3.8, 4) is 0 Å². The van der Waals surface area contributed by atoms with Gasteiger partial charge in [-0.05, 0) is 36.7 Å². The molecule has 0 radical (unpaired) electrons. The lowest BCUT2D eigenvalue weighted by atomic mass is 9.70. The highest BCUT2D eigenvalue weighted by Crippen LogP contribution is 2.65. The monoisotopic (exact) mass is 283 g/mol. The first-order valence-electron chi connectivity index (χ1n) is 7.94. The lowest BCUT2D eigenvalue weighted by Crippen LogP contribution is -2.32. The fourth-order valence-electron chi connectivity index (χ4n) is 4.15. The summed E-state index contributed by atoms with van der Waals surface area (Å²) < 4.78 is 0. The molecule has 0 unspecified atom stereocenters. The largest absolute Gasteiger partial charge is 0.384 e. The Morgan fingerprint density at radius 3 is 2.48 bits per heavy atom. The van der Waals surface area contributed by atoms with Crippen LogP contribution < -0.4 is 5.32 Å². The maximum Gasteiger partial charge on any atom is 0.167 e. The predicted octanol–water partition coefficient (Wildman–Crippen LogP) is 4.25. The highest BCUT2D eigenvalue weighted by molar-refractivity contribution is 6.04. The van der Waals surface area contributed by atoms with Crippen molar-refractivity contribution in [2.45, 2.75) is 46.6 Å². The van der Waals surface area contributed by atoms with E-state index < -0.39 is 0 Å². The minimum absolute atomic E-state index is 0.0909. The van der Waals surface area contributed by atoms with Gasteiger partial charge in [0.25, 0.3) is 0 Å². The van der Waals surface area contributed by atoms with Gasteiger partial charge >= 0.3 is 0 Å². The highest BCUT2D eigenvalue weighted by Gasteiger charge is 2.63. The van der Waals surface area contributed by atoms with Crippen molar-refractivity contribution in [1.29, 1.82) is 0 Å². The van der Waals surface area contributed by atoms with Crippen LogP contribution in [0.25, 0.3) is 0 Å². The van der Waals surface area contributed by atoms with Crippen LogP contribution in [0.1, 0.15) is 52.1 Å². The van der Waals surface area contributed by atoms with Gasteiger partial charge in [-0.2, -0.15) is 0 Å². The molecule has 2 aliphatic carbocycles. The molecule has 2 saturated carbocycles. The van der Waals surface area contributed by atoms with Gasteiger partial charge in [0.1, 0.15) is 0 Å². The third-order valence-electron chi connectivity index (χ3n) is 6.15. The molecule has 112 valence electrons. The number of fused-ring (bicyclic) bond motifs is 2. The predicted molar refractivity (Wildman–Crippen MR) is 85.7 cm³/mol. The SMILES string of the molecule is C[C@H](N/C=C1\C(=O)[C@@]2(C)CC[C@@H]1C2(C)C)c1ccccc1. The Morgan fingerprint density at radius 2 is 1.90 bits per heavy atom. The maximum atomic E-state index is 12.7. The van der Waals surface area contributed by atoms with Crippen LogP contribution in [0.4, 0.5) is 0 Å². The van der Waals surface area contributed by atoms with Crippen molar-refractivity contribution >= 4 is 5.78 Å². The number of benzene rings is 1. The van der Waals surface area contributed by atoms with E-state index in [1.54, 1.807) is 0 Å². The van der Waals surface area contributed by atoms with E-state index in [9.17, 15) is 4.79 Å². The third-order valence-corrected chi connectivity index (χ3v) is 6.15. The number of rotatable bonds is 3. The second-order valence-corrected chi connectivity index (χ2v) is 7.37. The lowest BCUT2D eigenvalue weighted by molar-refractivity contribution is -0.125. The van der Waals surface area contributed by atoms with E-state index in [0.29, 0.717) is 11.7 Å². The van der Waals surface area contributed by atoms with Gasteiger partial charge in [0.2, 0.25) is 0 Å². The van der Waals surface area contributed by atoms with Gasteiger partial charge in [0.05, 0.1) is 0 Å². The first kappa shape index (κ1) is 14.4. The summed E-state index contributed by atoms with van der Waals surface area (Å²) in [6.07, 6.45) is 4.17. The first-order valence-corrected chi connectivity index (χ1v) is 7.94. The topological polar surface area (TPSA) is 29.1 Å². The van der Waals surface area contributed by atoms with Gasteiger partial charge in [0.15, 0.2) is 5.78 Å². The number of nitrogens with one attached hydrogen (secondary N) is 1. The van der Waals surface area contributed by atoms with E-state index >= 15 is 0 Å². The minimum Gasteiger partial charge on any atom is -0.384 e. The van der Waals surface area contributed by atoms with E-state index in [1.165, 1.54) is 5.56 Å². The summed E-state index contributed by atoms with van der Waals surface area (Å²) in [4.78, 5) is 12.7. The van der Waals surface area contributed by atoms with Crippen LogP contribution in [0.3, 0.4) is 0 Å². The van der Waals surface area contributed by atoms with E-state index in [1.807, 2.05) is 24.4 Å². The van der Waals surface area contributed by atoms with Crippen molar-refractivity contribution < 1.29 is 4.79 Å². The number of allylic oxidation sites excluding steroid dienone is 1. The molecule has 0 heterocycles. The van der Waals surface area contributed by atoms with Crippen LogP contribution in [0, 0.1) is 16.7 Å². The molecule has 1 aromatic rings. The van der Waals surface area contributed by atoms with Crippen LogP contribution in [0.5, 0.6) is 0 Å². The van der Waals surface area contributed by atoms with Crippen LogP contribution >= 0.6 is 0 Å². The van der Waals surface area contributed by atoms with Crippen molar-refractivity contribution in [1.82, 2.24) is 5.32 Å². The average Bonchev–Trinajstić information content (AvgIpc) is 2.78. The number of ketones is 1. The zero-order chi connectivity index (χ0) is 15.3. The van der Waals surface area contributed by atoms with E-state index in [4.69, 9.17) is 0 Å². The molecule has 21 heavy (non-hydrogen) atoms. The van der Waals surface area contributed by atoms with Crippen molar-refractivity contribution in [2.75, 3.05) is 0 Å². The Balaban J connectivity index is 1.81. The summed E-state index contributed by atoms with van der Waals surface area (Å²) in [5, 5.41) is 3.43. The molecule has 0 aliphatic heterocycles. The van der Waals surface area contributed by atoms with Gasteiger partial charge in [-0.25, -0.2) is 0 Å². The molecule has 0 spiro atoms. The molecule has 2 bridgehead atoms. The minimum atomic E-state index is -0.166. The lowest BCUT2D eigenvalue weighted by Gasteiger charge is -2.31. The maximum absolute atomic E-state index is 12.7. The molecule has 0 aromatic heterocycles. The number of hydrogen-bond donors (Lipinski definition) is 1. The Hall–Kier alpha value is -1.57. The first-order chi connectivity index (χ1) is 9.88. The van der Waals surface area contributed by atoms with Crippen LogP contribution in [0.15, 0.2) is 42.1 Å². The van der Waals surface area contributed by atoms with Crippen molar-refractivity contribution in [2.24, 2.45) is 16.7 Å². The zero-order valence-electron chi connectivity index (χ0n) is 13.4. The number of hydrogen-bond acceptors (Lipinski definition) is 2. The van der Waals surface area contributed by atoms with Gasteiger partial charge in [-0.3, -0.25) is 4.79 Å². The molecule has 3 atom stereocenters. The van der Waals surface area contributed by atoms with Crippen LogP contribution in [-0.4, -0.2) is 5.78 Å². The Labute approximate surface area is 127 Å². The molecule has 2 heteroatoms. The molecular formula is C19H25NO. The van der Waals surface area contributed by atoms with Crippen molar-refractivity contribution in [3.05, 3.63) is 47.7 Å². The second-order valence-electron chi connectivity index (χ2n) is 7.37. The Morgan fingerprint density at radius 1 is 1.24 bits per heavy atom. The fraction of sp³-hybridized carbons (Fsp3) is 0.526. The molecule has 3 rings (SSSR count). The molecule has 2 fully saturated rings. The molecule has 2 aliphatic rings. The van der Waals surface area contributed by atoms with Gasteiger partial charge in [0, 0.05) is 23.2 Å². The molecule has 1 N–H and O–H groups in total. The summed E-state index contributed by atoms with van der Waals surface area (Å²) in [5.74, 6) is 0.766. The normalized spacial score (nSPS) is 33.4. The number of Topliss-reactive ketones (excluding diaryl/α,β-unsaturated/α-hetero) is 1. The summed E-state index contributed by atoms with van der Waals surface area (Å²) in [5.41, 5.74) is 2.18. The van der Waals surface area contributed by atoms with Crippen LogP contribution in [0.2, 0.25) is 0 Å². The number of carbonyl (C=O) groups is 1. The standard InChI is InChI=1S/C19H25NO/c1-13(14-8-6-5-7-9-14)20-12-15-16-10-11-19(4,17(15)21)18(16,2)3/h5-9,12-13,16,20H,10-11H2,1-4H3/b15-12-/t13-,16-,19+/m0/s1. The molecular weight excluding hydrogens is 258 g/mol. The quantitative estimate of drug-likeness (QED) is 0.840. The van der Waals surface area contributed by atoms with E-state index in [2.05, 4.69) is 45.1 Å². The van der Waals surface area contributed by atoms with E-state index in [-0.39, 0.29) is 16.9 Å². The second kappa shape index (κ2) is 4.72. The van der Waals surface area contributed by atoms with Crippen LogP contribution in [-0.2, 0) is 4.79 Å². The summed E-state index contributed by atoms with van der Waals surface area (Å²) in [6.45, 7) is 8.79. The Kier molecular flexibility index (Phi) is 3.23. The Bertz CT molecular complexity index is 587. The number of carbonyl (C=O) groups excluding carboxylic acids is 1. The molecule has 2 nitrogen and oxygen atoms in total. The molecule has 1 aromatic carbocycles. The van der Waals surface area contributed by atoms with Gasteiger partial charge < -0.3 is 5.32 Å². The summed E-state index contributed by atoms with van der Waals surface area (Å²) in [7, 11) is 0. The molecule has 0 amide bonds. The molecule has 0 saturated heterocycles.